The second kappa shape index (κ2) is 11.4. The largest absolute Gasteiger partial charge is 0.461 e. The summed E-state index contributed by atoms with van der Waals surface area (Å²) in [4.78, 5) is 11.0. The second-order valence-electron chi connectivity index (χ2n) is 3.40. The normalized spacial score (nSPS) is 12.1. The third kappa shape index (κ3) is 9.16. The van der Waals surface area contributed by atoms with Crippen LogP contribution in [0.15, 0.2) is 12.7 Å². The van der Waals surface area contributed by atoms with Gasteiger partial charge in [-0.2, -0.15) is 23.5 Å². The van der Waals surface area contributed by atoms with Crippen molar-refractivity contribution in [2.45, 2.75) is 31.9 Å². The van der Waals surface area contributed by atoms with Crippen molar-refractivity contribution >= 4 is 29.5 Å². The highest BCUT2D eigenvalue weighted by atomic mass is 32.2. The van der Waals surface area contributed by atoms with E-state index in [0.717, 1.165) is 17.9 Å². The summed E-state index contributed by atoms with van der Waals surface area (Å²) in [6, 6.07) is 0. The second-order valence-corrected chi connectivity index (χ2v) is 5.96. The number of ether oxygens (including phenoxy) is 1. The van der Waals surface area contributed by atoms with Crippen molar-refractivity contribution in [1.82, 2.24) is 0 Å². The molecule has 0 fully saturated rings. The van der Waals surface area contributed by atoms with Crippen LogP contribution >= 0.6 is 23.5 Å². The summed E-state index contributed by atoms with van der Waals surface area (Å²) in [7, 11) is 0. The highest BCUT2D eigenvalue weighted by Gasteiger charge is 2.11. The van der Waals surface area contributed by atoms with Crippen molar-refractivity contribution in [1.29, 1.82) is 0 Å². The highest BCUT2D eigenvalue weighted by molar-refractivity contribution is 8.03. The van der Waals surface area contributed by atoms with E-state index in [2.05, 4.69) is 20.4 Å². The molecule has 4 heteroatoms. The number of hydrogen-bond acceptors (Lipinski definition) is 4. The number of carbonyl (C=O) groups excluding carboxylic acids is 1. The number of esters is 1. The van der Waals surface area contributed by atoms with Crippen molar-refractivity contribution < 1.29 is 9.53 Å². The number of thioether (sulfide) groups is 2. The summed E-state index contributed by atoms with van der Waals surface area (Å²) in [6.45, 7) is 8.24. The average Bonchev–Trinajstić information content (AvgIpc) is 2.31. The third-order valence-corrected chi connectivity index (χ3v) is 4.75. The summed E-state index contributed by atoms with van der Waals surface area (Å²) in [5.41, 5.74) is 0. The van der Waals surface area contributed by atoms with E-state index >= 15 is 0 Å². The first kappa shape index (κ1) is 15.9. The van der Waals surface area contributed by atoms with Gasteiger partial charge in [0.1, 0.15) is 6.61 Å². The molecule has 0 saturated carbocycles. The molecule has 94 valence electrons. The van der Waals surface area contributed by atoms with E-state index in [1.807, 2.05) is 23.5 Å². The Morgan fingerprint density at radius 2 is 2.06 bits per heavy atom. The summed E-state index contributed by atoms with van der Waals surface area (Å²) < 4.78 is 5.09. The molecule has 0 aromatic heterocycles. The smallest absolute Gasteiger partial charge is 0.330 e. The SMILES string of the molecule is C=CC(=O)OCC(CSCCC)SCCC. The van der Waals surface area contributed by atoms with Gasteiger partial charge in [0.25, 0.3) is 0 Å². The van der Waals surface area contributed by atoms with Crippen LogP contribution in [0.1, 0.15) is 26.7 Å². The van der Waals surface area contributed by atoms with Crippen LogP contribution in [0.3, 0.4) is 0 Å². The third-order valence-electron chi connectivity index (χ3n) is 1.79. The fraction of sp³-hybridized carbons (Fsp3) is 0.750. The van der Waals surface area contributed by atoms with E-state index in [0.29, 0.717) is 11.9 Å². The molecule has 0 aliphatic heterocycles. The summed E-state index contributed by atoms with van der Waals surface area (Å²) in [5, 5.41) is 0.417. The zero-order chi connectivity index (χ0) is 12.2. The fourth-order valence-electron chi connectivity index (χ4n) is 1.02. The number of hydrogen-bond donors (Lipinski definition) is 0. The van der Waals surface area contributed by atoms with Crippen molar-refractivity contribution in [2.24, 2.45) is 0 Å². The van der Waals surface area contributed by atoms with Crippen LogP contribution in [0.2, 0.25) is 0 Å². The van der Waals surface area contributed by atoms with Gasteiger partial charge in [-0.1, -0.05) is 20.4 Å². The molecule has 2 nitrogen and oxygen atoms in total. The van der Waals surface area contributed by atoms with Gasteiger partial charge in [0.05, 0.1) is 0 Å². The van der Waals surface area contributed by atoms with Crippen molar-refractivity contribution in [3.63, 3.8) is 0 Å². The minimum Gasteiger partial charge on any atom is -0.461 e. The number of carbonyl (C=O) groups is 1. The molecule has 0 aliphatic carbocycles. The predicted molar refractivity (Wildman–Crippen MR) is 75.3 cm³/mol. The van der Waals surface area contributed by atoms with Gasteiger partial charge in [-0.25, -0.2) is 4.79 Å². The van der Waals surface area contributed by atoms with Crippen LogP contribution in [0, 0.1) is 0 Å². The minimum atomic E-state index is -0.317. The van der Waals surface area contributed by atoms with Crippen LogP contribution < -0.4 is 0 Å². The Kier molecular flexibility index (Phi) is 11.3. The molecule has 0 aromatic rings. The van der Waals surface area contributed by atoms with Crippen LogP contribution in [-0.2, 0) is 9.53 Å². The minimum absolute atomic E-state index is 0.317. The molecule has 1 atom stereocenters. The Morgan fingerprint density at radius 1 is 1.38 bits per heavy atom. The Hall–Kier alpha value is -0.0900. The van der Waals surface area contributed by atoms with Crippen molar-refractivity contribution in [3.05, 3.63) is 12.7 Å². The van der Waals surface area contributed by atoms with Gasteiger partial charge in [0.15, 0.2) is 0 Å². The van der Waals surface area contributed by atoms with Crippen molar-refractivity contribution in [2.75, 3.05) is 23.9 Å². The summed E-state index contributed by atoms with van der Waals surface area (Å²) in [6.07, 6.45) is 3.58. The molecule has 16 heavy (non-hydrogen) atoms. The molecule has 0 saturated heterocycles. The van der Waals surface area contributed by atoms with Crippen LogP contribution in [0.4, 0.5) is 0 Å². The standard InChI is InChI=1S/C12H22O2S2/c1-4-7-15-10-11(16-8-5-2)9-14-12(13)6-3/h6,11H,3-5,7-10H2,1-2H3. The van der Waals surface area contributed by atoms with Crippen LogP contribution in [0.5, 0.6) is 0 Å². The maximum atomic E-state index is 11.0. The molecule has 0 spiro atoms. The van der Waals surface area contributed by atoms with Gasteiger partial charge in [0.2, 0.25) is 0 Å². The molecular formula is C12H22O2S2. The fourth-order valence-corrected chi connectivity index (χ4v) is 3.24. The Labute approximate surface area is 108 Å². The van der Waals surface area contributed by atoms with E-state index in [1.165, 1.54) is 18.2 Å². The Balaban J connectivity index is 3.79. The van der Waals surface area contributed by atoms with Gasteiger partial charge >= 0.3 is 5.97 Å². The van der Waals surface area contributed by atoms with Gasteiger partial charge in [-0.3, -0.25) is 0 Å². The molecule has 0 aliphatic rings. The lowest BCUT2D eigenvalue weighted by Crippen LogP contribution is -2.18. The van der Waals surface area contributed by atoms with Crippen LogP contribution in [0.25, 0.3) is 0 Å². The topological polar surface area (TPSA) is 26.3 Å². The molecule has 0 heterocycles. The Morgan fingerprint density at radius 3 is 2.62 bits per heavy atom. The quantitative estimate of drug-likeness (QED) is 0.342. The molecule has 1 unspecified atom stereocenters. The number of rotatable bonds is 10. The first-order valence-electron chi connectivity index (χ1n) is 5.73. The lowest BCUT2D eigenvalue weighted by Gasteiger charge is -2.15. The maximum absolute atomic E-state index is 11.0. The predicted octanol–water partition coefficient (Wildman–Crippen LogP) is 3.37. The maximum Gasteiger partial charge on any atom is 0.330 e. The average molecular weight is 262 g/mol. The molecule has 0 rings (SSSR count). The molecule has 0 aromatic carbocycles. The zero-order valence-electron chi connectivity index (χ0n) is 10.2. The summed E-state index contributed by atoms with van der Waals surface area (Å²) in [5.74, 6) is 3.05. The van der Waals surface area contributed by atoms with Gasteiger partial charge in [0, 0.05) is 17.1 Å². The van der Waals surface area contributed by atoms with Gasteiger partial charge in [-0.15, -0.1) is 0 Å². The van der Waals surface area contributed by atoms with Gasteiger partial charge < -0.3 is 4.74 Å². The first-order chi connectivity index (χ1) is 7.74. The summed E-state index contributed by atoms with van der Waals surface area (Å²) >= 11 is 3.83. The molecule has 0 radical (unpaired) electrons. The highest BCUT2D eigenvalue weighted by Crippen LogP contribution is 2.18. The lowest BCUT2D eigenvalue weighted by molar-refractivity contribution is -0.137. The molecule has 0 bridgehead atoms. The van der Waals surface area contributed by atoms with E-state index in [9.17, 15) is 4.79 Å². The van der Waals surface area contributed by atoms with Crippen molar-refractivity contribution in [3.8, 4) is 0 Å². The van der Waals surface area contributed by atoms with E-state index in [4.69, 9.17) is 4.74 Å². The van der Waals surface area contributed by atoms with E-state index in [-0.39, 0.29) is 5.97 Å². The van der Waals surface area contributed by atoms with E-state index < -0.39 is 0 Å². The molecule has 0 amide bonds. The Bertz CT molecular complexity index is 195. The lowest BCUT2D eigenvalue weighted by atomic mass is 10.5. The van der Waals surface area contributed by atoms with Gasteiger partial charge in [-0.05, 0) is 24.3 Å². The van der Waals surface area contributed by atoms with E-state index in [1.54, 1.807) is 0 Å². The zero-order valence-corrected chi connectivity index (χ0v) is 11.9. The van der Waals surface area contributed by atoms with Crippen LogP contribution in [-0.4, -0.2) is 35.1 Å². The molecule has 0 N–H and O–H groups in total. The molecular weight excluding hydrogens is 240 g/mol. The first-order valence-corrected chi connectivity index (χ1v) is 7.93. The monoisotopic (exact) mass is 262 g/mol.